The predicted octanol–water partition coefficient (Wildman–Crippen LogP) is 16.1. The minimum atomic E-state index is -0.183. The van der Waals surface area contributed by atoms with Crippen molar-refractivity contribution in [2.75, 3.05) is 26.4 Å². The molecular weight excluding hydrogens is 907 g/mol. The first kappa shape index (κ1) is 68.1. The highest BCUT2D eigenvalue weighted by molar-refractivity contribution is 5.79. The third kappa shape index (κ3) is 19.9. The molecule has 0 aromatic rings. The summed E-state index contributed by atoms with van der Waals surface area (Å²) in [4.78, 5) is 34.7. The number of allylic oxidation sites excluding steroid dienone is 2. The highest BCUT2D eigenvalue weighted by atomic mass is 16.6. The van der Waals surface area contributed by atoms with Gasteiger partial charge in [0.1, 0.15) is 13.2 Å². The summed E-state index contributed by atoms with van der Waals surface area (Å²) >= 11 is 0. The molecule has 0 bridgehead atoms. The zero-order valence-corrected chi connectivity index (χ0v) is 53.9. The third-order valence-electron chi connectivity index (χ3n) is 14.8. The standard InChI is InChI=1S/C14H27N.C13H25NO.C13H25N.C12H23NO2.C11H21NO2/c1-11-9-8-10-12(13(2,3)4)15(11)14(5,6)7;1-10-14(13(5,6)7)11(8-9-15-10)12(2,3)4;1-10-8-9-11(12(2,3)4)14(10)13(5,6)7;1-11(2,3)9-7-15-8-10(14)13(9)12(4,5)6;1-10(2,3)8-7-14-9(13)12(8)11(4,5)6/h12H,1,8-10H2,2-7H3;11H,1,8-9H2,2-7H3;11H,1,8-9H2,2-7H3;9H,7-8H2,1-6H3;8H,7H2,1-6H3. The Kier molecular flexibility index (Phi) is 22.6. The molecular formula is C63H121N5O5. The summed E-state index contributed by atoms with van der Waals surface area (Å²) in [6.07, 6.45) is 7.10. The molecule has 428 valence electrons. The van der Waals surface area contributed by atoms with Gasteiger partial charge in [0.25, 0.3) is 0 Å². The second-order valence-corrected chi connectivity index (χ2v) is 32.2. The van der Waals surface area contributed by atoms with E-state index in [-0.39, 0.29) is 74.6 Å². The molecule has 5 heterocycles. The number of carbonyl (C=O) groups excluding carboxylic acids is 2. The fraction of sp³-hybridized carbons (Fsp3) is 0.873. The zero-order chi connectivity index (χ0) is 57.9. The second kappa shape index (κ2) is 24.2. The maximum atomic E-state index is 11.9. The van der Waals surface area contributed by atoms with Gasteiger partial charge in [0.05, 0.1) is 25.3 Å². The summed E-state index contributed by atoms with van der Waals surface area (Å²) in [5.41, 5.74) is 3.94. The largest absolute Gasteiger partial charge is 0.479 e. The van der Waals surface area contributed by atoms with Gasteiger partial charge in [-0.05, 0) is 170 Å². The molecule has 73 heavy (non-hydrogen) atoms. The molecule has 5 atom stereocenters. The van der Waals surface area contributed by atoms with Gasteiger partial charge >= 0.3 is 6.09 Å². The molecule has 0 radical (unpaired) electrons. The molecule has 5 unspecified atom stereocenters. The Bertz CT molecular complexity index is 1630. The summed E-state index contributed by atoms with van der Waals surface area (Å²) in [6.45, 7) is 81.1. The van der Waals surface area contributed by atoms with Crippen LogP contribution in [0.2, 0.25) is 0 Å². The Hall–Kier alpha value is -2.88. The monoisotopic (exact) mass is 1030 g/mol. The van der Waals surface area contributed by atoms with E-state index in [1.54, 1.807) is 0 Å². The lowest BCUT2D eigenvalue weighted by molar-refractivity contribution is -0.162. The van der Waals surface area contributed by atoms with E-state index in [1.165, 1.54) is 43.5 Å². The van der Waals surface area contributed by atoms with Gasteiger partial charge in [-0.1, -0.05) is 117 Å². The normalized spacial score (nSPS) is 24.3. The number of ether oxygens (including phenoxy) is 3. The Balaban J connectivity index is 0.000000456. The van der Waals surface area contributed by atoms with Crippen LogP contribution in [-0.4, -0.2) is 121 Å². The van der Waals surface area contributed by atoms with Crippen molar-refractivity contribution in [1.29, 1.82) is 0 Å². The van der Waals surface area contributed by atoms with Crippen molar-refractivity contribution in [2.45, 2.75) is 304 Å². The van der Waals surface area contributed by atoms with Gasteiger partial charge in [0, 0.05) is 63.6 Å². The molecule has 10 heteroatoms. The van der Waals surface area contributed by atoms with Crippen molar-refractivity contribution in [3.8, 4) is 0 Å². The van der Waals surface area contributed by atoms with Crippen LogP contribution in [0.1, 0.15) is 246 Å². The van der Waals surface area contributed by atoms with Gasteiger partial charge in [-0.2, -0.15) is 0 Å². The van der Waals surface area contributed by atoms with E-state index in [0.717, 1.165) is 18.9 Å². The average molecular weight is 1030 g/mol. The van der Waals surface area contributed by atoms with Gasteiger partial charge in [-0.15, -0.1) is 0 Å². The molecule has 5 saturated heterocycles. The Morgan fingerprint density at radius 2 is 0.726 bits per heavy atom. The van der Waals surface area contributed by atoms with Crippen LogP contribution in [0, 0.1) is 27.1 Å². The molecule has 5 aliphatic rings. The number of carbonyl (C=O) groups is 2. The number of cyclic esters (lactones) is 1. The highest BCUT2D eigenvalue weighted by Crippen LogP contribution is 2.43. The van der Waals surface area contributed by atoms with Crippen LogP contribution < -0.4 is 0 Å². The summed E-state index contributed by atoms with van der Waals surface area (Å²) in [5, 5.41) is 0. The lowest BCUT2D eigenvalue weighted by Crippen LogP contribution is -2.61. The van der Waals surface area contributed by atoms with E-state index in [9.17, 15) is 9.59 Å². The molecule has 5 aliphatic heterocycles. The molecule has 0 aliphatic carbocycles. The Labute approximate surface area is 453 Å². The van der Waals surface area contributed by atoms with Crippen LogP contribution in [0.4, 0.5) is 4.79 Å². The molecule has 0 aromatic heterocycles. The summed E-state index contributed by atoms with van der Waals surface area (Å²) in [6, 6.07) is 2.14. The van der Waals surface area contributed by atoms with Crippen LogP contribution in [0.3, 0.4) is 0 Å². The lowest BCUT2D eigenvalue weighted by atomic mass is 9.78. The van der Waals surface area contributed by atoms with Crippen molar-refractivity contribution in [1.82, 2.24) is 24.5 Å². The zero-order valence-electron chi connectivity index (χ0n) is 53.9. The number of nitrogens with zero attached hydrogens (tertiary/aromatic N) is 5. The van der Waals surface area contributed by atoms with Crippen molar-refractivity contribution >= 4 is 12.0 Å². The molecule has 5 rings (SSSR count). The number of hydrogen-bond acceptors (Lipinski definition) is 8. The minimum absolute atomic E-state index is 0.0589. The molecule has 0 spiro atoms. The fourth-order valence-electron chi connectivity index (χ4n) is 11.4. The maximum absolute atomic E-state index is 11.9. The first-order valence-corrected chi connectivity index (χ1v) is 28.1. The van der Waals surface area contributed by atoms with E-state index < -0.39 is 0 Å². The summed E-state index contributed by atoms with van der Waals surface area (Å²) in [7, 11) is 0. The Morgan fingerprint density at radius 3 is 1.04 bits per heavy atom. The second-order valence-electron chi connectivity index (χ2n) is 32.2. The molecule has 10 nitrogen and oxygen atoms in total. The van der Waals surface area contributed by atoms with E-state index in [4.69, 9.17) is 14.2 Å². The predicted molar refractivity (Wildman–Crippen MR) is 312 cm³/mol. The van der Waals surface area contributed by atoms with E-state index in [2.05, 4.69) is 221 Å². The molecule has 0 aromatic carbocycles. The Morgan fingerprint density at radius 1 is 0.384 bits per heavy atom. The topological polar surface area (TPSA) is 78.0 Å². The third-order valence-corrected chi connectivity index (χ3v) is 14.8. The molecule has 2 amide bonds. The van der Waals surface area contributed by atoms with Crippen LogP contribution in [0.15, 0.2) is 37.0 Å². The number of rotatable bonds is 0. The number of morpholine rings is 1. The summed E-state index contributed by atoms with van der Waals surface area (Å²) in [5.74, 6) is 0.933. The first-order valence-electron chi connectivity index (χ1n) is 28.1. The van der Waals surface area contributed by atoms with Crippen molar-refractivity contribution < 1.29 is 23.8 Å². The molecule has 0 N–H and O–H groups in total. The van der Waals surface area contributed by atoms with E-state index in [0.29, 0.717) is 42.2 Å². The van der Waals surface area contributed by atoms with Crippen molar-refractivity contribution in [3.63, 3.8) is 0 Å². The van der Waals surface area contributed by atoms with Gasteiger partial charge in [0.2, 0.25) is 5.91 Å². The van der Waals surface area contributed by atoms with E-state index in [1.807, 2.05) is 30.6 Å². The number of likely N-dealkylation sites (tertiary alicyclic amines) is 2. The number of piperidine rings is 1. The number of hydrogen-bond donors (Lipinski definition) is 0. The van der Waals surface area contributed by atoms with Gasteiger partial charge in [0.15, 0.2) is 5.88 Å². The van der Waals surface area contributed by atoms with Crippen LogP contribution in [0.25, 0.3) is 0 Å². The fourth-order valence-corrected chi connectivity index (χ4v) is 11.4. The van der Waals surface area contributed by atoms with Crippen molar-refractivity contribution in [3.05, 3.63) is 37.0 Å². The average Bonchev–Trinajstić information content (AvgIpc) is 3.77. The van der Waals surface area contributed by atoms with Crippen LogP contribution in [0.5, 0.6) is 0 Å². The van der Waals surface area contributed by atoms with Gasteiger partial charge in [-0.25, -0.2) is 4.79 Å². The highest BCUT2D eigenvalue weighted by Gasteiger charge is 2.47. The SMILES string of the molecule is C=C1CCC(C(C)(C)C)N1C(C)(C)C.C=C1CCCC(C(C)(C)C)N1C(C)(C)C.C=C1OCCC(C(C)(C)C)N1C(C)(C)C.CC(C)(C)C1COC(=O)N1C(C)(C)C.CC(C)(C)C1COCC(=O)N1C(C)(C)C. The van der Waals surface area contributed by atoms with Gasteiger partial charge in [-0.3, -0.25) is 9.69 Å². The summed E-state index contributed by atoms with van der Waals surface area (Å²) < 4.78 is 16.0. The minimum Gasteiger partial charge on any atom is -0.479 e. The van der Waals surface area contributed by atoms with Crippen molar-refractivity contribution in [2.24, 2.45) is 27.1 Å². The smallest absolute Gasteiger partial charge is 0.410 e. The quantitative estimate of drug-likeness (QED) is 0.237. The molecule has 5 fully saturated rings. The van der Waals surface area contributed by atoms with E-state index >= 15 is 0 Å². The number of amides is 2. The maximum Gasteiger partial charge on any atom is 0.410 e. The van der Waals surface area contributed by atoms with Gasteiger partial charge < -0.3 is 33.8 Å². The van der Waals surface area contributed by atoms with Crippen LogP contribution in [-0.2, 0) is 19.0 Å². The molecule has 0 saturated carbocycles. The van der Waals surface area contributed by atoms with Crippen LogP contribution >= 0.6 is 0 Å². The first-order chi connectivity index (χ1) is 32.2. The lowest BCUT2D eigenvalue weighted by Gasteiger charge is -2.52.